The molecule has 0 aromatic rings. The molecule has 0 aliphatic carbocycles. The van der Waals surface area contributed by atoms with Gasteiger partial charge in [0, 0.05) is 13.1 Å². The second-order valence-corrected chi connectivity index (χ2v) is 4.73. The first-order valence-corrected chi connectivity index (χ1v) is 5.81. The van der Waals surface area contributed by atoms with Crippen LogP contribution in [0.15, 0.2) is 0 Å². The smallest absolute Gasteiger partial charge is 0.390 e. The molecule has 1 heterocycles. The molecule has 1 aliphatic heterocycles. The predicted molar refractivity (Wildman–Crippen MR) is 56.7 cm³/mol. The number of hydrogen-bond acceptors (Lipinski definition) is 2. The molecule has 0 spiro atoms. The van der Waals surface area contributed by atoms with Gasteiger partial charge >= 0.3 is 12.1 Å². The number of aliphatic carboxylic acids is 1. The van der Waals surface area contributed by atoms with Gasteiger partial charge in [0.1, 0.15) is 0 Å². The first-order chi connectivity index (χ1) is 7.79. The molecule has 1 N–H and O–H groups in total. The van der Waals surface area contributed by atoms with Crippen molar-refractivity contribution in [2.75, 3.05) is 19.6 Å². The molecule has 0 saturated carbocycles. The summed E-state index contributed by atoms with van der Waals surface area (Å²) >= 11 is 0. The Morgan fingerprint density at radius 2 is 2.12 bits per heavy atom. The highest BCUT2D eigenvalue weighted by atomic mass is 19.4. The van der Waals surface area contributed by atoms with Crippen LogP contribution in [0, 0.1) is 5.41 Å². The summed E-state index contributed by atoms with van der Waals surface area (Å²) in [4.78, 5) is 12.8. The van der Waals surface area contributed by atoms with Gasteiger partial charge in [0.05, 0.1) is 11.8 Å². The number of carboxylic acids is 1. The van der Waals surface area contributed by atoms with E-state index in [1.54, 1.807) is 4.90 Å². The summed E-state index contributed by atoms with van der Waals surface area (Å²) < 4.78 is 36.2. The zero-order chi connectivity index (χ0) is 13.1. The first-order valence-electron chi connectivity index (χ1n) is 5.81. The Morgan fingerprint density at radius 3 is 2.59 bits per heavy atom. The molecule has 1 rings (SSSR count). The van der Waals surface area contributed by atoms with Crippen molar-refractivity contribution in [3.63, 3.8) is 0 Å². The number of rotatable bonds is 5. The molecule has 0 bridgehead atoms. The fraction of sp³-hybridized carbons (Fsp3) is 0.909. The van der Waals surface area contributed by atoms with Crippen LogP contribution in [0.5, 0.6) is 0 Å². The number of carbonyl (C=O) groups is 1. The van der Waals surface area contributed by atoms with Gasteiger partial charge in [0.2, 0.25) is 0 Å². The van der Waals surface area contributed by atoms with E-state index in [9.17, 15) is 23.1 Å². The maximum atomic E-state index is 12.1. The van der Waals surface area contributed by atoms with Crippen LogP contribution in [0.25, 0.3) is 0 Å². The summed E-state index contributed by atoms with van der Waals surface area (Å²) in [5, 5.41) is 9.19. The Balaban J connectivity index is 2.52. The lowest BCUT2D eigenvalue weighted by Gasteiger charge is -2.24. The zero-order valence-electron chi connectivity index (χ0n) is 9.89. The summed E-state index contributed by atoms with van der Waals surface area (Å²) in [6.45, 7) is 2.49. The maximum Gasteiger partial charge on any atom is 0.390 e. The topological polar surface area (TPSA) is 40.5 Å². The van der Waals surface area contributed by atoms with E-state index >= 15 is 0 Å². The van der Waals surface area contributed by atoms with E-state index in [1.165, 1.54) is 0 Å². The highest BCUT2D eigenvalue weighted by Crippen LogP contribution is 2.36. The van der Waals surface area contributed by atoms with E-state index in [4.69, 9.17) is 0 Å². The molecule has 1 aliphatic rings. The number of nitrogens with zero attached hydrogens (tertiary/aromatic N) is 1. The van der Waals surface area contributed by atoms with E-state index in [0.29, 0.717) is 19.4 Å². The van der Waals surface area contributed by atoms with Crippen LogP contribution in [-0.2, 0) is 4.79 Å². The minimum Gasteiger partial charge on any atom is -0.481 e. The van der Waals surface area contributed by atoms with Crippen LogP contribution in [0.2, 0.25) is 0 Å². The van der Waals surface area contributed by atoms with Crippen LogP contribution in [0.1, 0.15) is 32.6 Å². The third-order valence-corrected chi connectivity index (χ3v) is 3.33. The Morgan fingerprint density at radius 1 is 1.47 bits per heavy atom. The van der Waals surface area contributed by atoms with Crippen LogP contribution >= 0.6 is 0 Å². The molecule has 1 unspecified atom stereocenters. The third-order valence-electron chi connectivity index (χ3n) is 3.33. The molecule has 1 atom stereocenters. The Kier molecular flexibility index (Phi) is 4.41. The average molecular weight is 253 g/mol. The Labute approximate surface area is 98.6 Å². The fourth-order valence-corrected chi connectivity index (χ4v) is 2.40. The summed E-state index contributed by atoms with van der Waals surface area (Å²) in [5.41, 5.74) is -0.833. The number of likely N-dealkylation sites (tertiary alicyclic amines) is 1. The van der Waals surface area contributed by atoms with Gasteiger partial charge in [-0.3, -0.25) is 4.79 Å². The largest absolute Gasteiger partial charge is 0.481 e. The highest BCUT2D eigenvalue weighted by molar-refractivity contribution is 5.75. The monoisotopic (exact) mass is 253 g/mol. The molecule has 1 fully saturated rings. The SMILES string of the molecule is CCCC1(C(=O)O)CCN(CCC(F)(F)F)C1. The van der Waals surface area contributed by atoms with Crippen molar-refractivity contribution < 1.29 is 23.1 Å². The van der Waals surface area contributed by atoms with Gasteiger partial charge in [-0.2, -0.15) is 13.2 Å². The number of carboxylic acid groups (broad SMARTS) is 1. The van der Waals surface area contributed by atoms with Gasteiger partial charge in [0.15, 0.2) is 0 Å². The van der Waals surface area contributed by atoms with Gasteiger partial charge in [-0.25, -0.2) is 0 Å². The molecular weight excluding hydrogens is 235 g/mol. The Hall–Kier alpha value is -0.780. The van der Waals surface area contributed by atoms with Crippen LogP contribution in [-0.4, -0.2) is 41.8 Å². The summed E-state index contributed by atoms with van der Waals surface area (Å²) in [7, 11) is 0. The second kappa shape index (κ2) is 5.25. The average Bonchev–Trinajstić information content (AvgIpc) is 2.59. The van der Waals surface area contributed by atoms with Crippen molar-refractivity contribution in [1.82, 2.24) is 4.90 Å². The maximum absolute atomic E-state index is 12.1. The second-order valence-electron chi connectivity index (χ2n) is 4.73. The first kappa shape index (κ1) is 14.3. The third kappa shape index (κ3) is 3.87. The van der Waals surface area contributed by atoms with Crippen molar-refractivity contribution in [1.29, 1.82) is 0 Å². The van der Waals surface area contributed by atoms with Gasteiger partial charge in [-0.1, -0.05) is 13.3 Å². The van der Waals surface area contributed by atoms with Crippen molar-refractivity contribution >= 4 is 5.97 Å². The molecule has 17 heavy (non-hydrogen) atoms. The normalized spacial score (nSPS) is 26.4. The van der Waals surface area contributed by atoms with Crippen molar-refractivity contribution in [3.8, 4) is 0 Å². The van der Waals surface area contributed by atoms with Crippen molar-refractivity contribution in [2.24, 2.45) is 5.41 Å². The fourth-order valence-electron chi connectivity index (χ4n) is 2.40. The van der Waals surface area contributed by atoms with Gasteiger partial charge in [0.25, 0.3) is 0 Å². The van der Waals surface area contributed by atoms with Gasteiger partial charge < -0.3 is 10.0 Å². The molecule has 1 saturated heterocycles. The van der Waals surface area contributed by atoms with Crippen LogP contribution in [0.4, 0.5) is 13.2 Å². The van der Waals surface area contributed by atoms with Crippen molar-refractivity contribution in [3.05, 3.63) is 0 Å². The molecular formula is C11H18F3NO2. The standard InChI is InChI=1S/C11H18F3NO2/c1-2-3-10(9(16)17)4-6-15(8-10)7-5-11(12,13)14/h2-8H2,1H3,(H,16,17). The molecule has 0 radical (unpaired) electrons. The number of halogens is 3. The lowest BCUT2D eigenvalue weighted by Crippen LogP contribution is -2.35. The number of alkyl halides is 3. The molecule has 3 nitrogen and oxygen atoms in total. The molecule has 0 aromatic carbocycles. The van der Waals surface area contributed by atoms with E-state index in [-0.39, 0.29) is 13.1 Å². The van der Waals surface area contributed by atoms with Crippen LogP contribution in [0.3, 0.4) is 0 Å². The molecule has 6 heteroatoms. The molecule has 100 valence electrons. The van der Waals surface area contributed by atoms with Gasteiger partial charge in [-0.05, 0) is 19.4 Å². The van der Waals surface area contributed by atoms with E-state index in [2.05, 4.69) is 0 Å². The van der Waals surface area contributed by atoms with E-state index < -0.39 is 24.0 Å². The quantitative estimate of drug-likeness (QED) is 0.818. The number of hydrogen-bond donors (Lipinski definition) is 1. The van der Waals surface area contributed by atoms with Crippen molar-refractivity contribution in [2.45, 2.75) is 38.8 Å². The van der Waals surface area contributed by atoms with Crippen LogP contribution < -0.4 is 0 Å². The lowest BCUT2D eigenvalue weighted by atomic mass is 9.83. The minimum atomic E-state index is -4.17. The zero-order valence-corrected chi connectivity index (χ0v) is 9.89. The summed E-state index contributed by atoms with van der Waals surface area (Å²) in [6.07, 6.45) is -3.31. The highest BCUT2D eigenvalue weighted by Gasteiger charge is 2.44. The summed E-state index contributed by atoms with van der Waals surface area (Å²) in [5.74, 6) is -0.881. The molecule has 0 amide bonds. The summed E-state index contributed by atoms with van der Waals surface area (Å²) in [6, 6.07) is 0. The van der Waals surface area contributed by atoms with E-state index in [1.807, 2.05) is 6.92 Å². The molecule has 0 aromatic heterocycles. The Bertz CT molecular complexity index is 280. The predicted octanol–water partition coefficient (Wildman–Crippen LogP) is 2.52. The van der Waals surface area contributed by atoms with Gasteiger partial charge in [-0.15, -0.1) is 0 Å². The minimum absolute atomic E-state index is 0.0950. The lowest BCUT2D eigenvalue weighted by molar-refractivity contribution is -0.149. The van der Waals surface area contributed by atoms with E-state index in [0.717, 1.165) is 6.42 Å².